The van der Waals surface area contributed by atoms with Gasteiger partial charge in [-0.1, -0.05) is 23.9 Å². The van der Waals surface area contributed by atoms with Crippen molar-refractivity contribution < 1.29 is 19.3 Å². The highest BCUT2D eigenvalue weighted by Crippen LogP contribution is 2.32. The molecule has 0 saturated heterocycles. The minimum absolute atomic E-state index is 0.249. The van der Waals surface area contributed by atoms with E-state index in [4.69, 9.17) is 14.2 Å². The molecule has 3 aromatic rings. The SMILES string of the molecule is CCn1c(SC[C@H](O)COCc2ccc3c(c2)OCO3)nnc1-c1cccs1. The Kier molecular flexibility index (Phi) is 6.16. The molecule has 0 spiro atoms. The number of hydrogen-bond acceptors (Lipinski definition) is 8. The molecule has 1 atom stereocenters. The van der Waals surface area contributed by atoms with Crippen LogP contribution in [0.2, 0.25) is 0 Å². The fourth-order valence-electron chi connectivity index (χ4n) is 2.83. The third kappa shape index (κ3) is 4.33. The maximum Gasteiger partial charge on any atom is 0.231 e. The Balaban J connectivity index is 1.26. The largest absolute Gasteiger partial charge is 0.454 e. The molecule has 1 N–H and O–H groups in total. The summed E-state index contributed by atoms with van der Waals surface area (Å²) in [6.07, 6.45) is -0.591. The third-order valence-electron chi connectivity index (χ3n) is 4.20. The molecule has 7 nitrogen and oxygen atoms in total. The Hall–Kier alpha value is -2.07. The fourth-order valence-corrected chi connectivity index (χ4v) is 4.46. The van der Waals surface area contributed by atoms with Gasteiger partial charge in [0.2, 0.25) is 6.79 Å². The van der Waals surface area contributed by atoms with Crippen LogP contribution in [-0.2, 0) is 17.9 Å². The zero-order chi connectivity index (χ0) is 19.3. The summed E-state index contributed by atoms with van der Waals surface area (Å²) < 4.78 is 18.4. The lowest BCUT2D eigenvalue weighted by atomic mass is 10.2. The third-order valence-corrected chi connectivity index (χ3v) is 6.17. The number of aliphatic hydroxyl groups is 1. The van der Waals surface area contributed by atoms with Gasteiger partial charge in [0.05, 0.1) is 24.2 Å². The lowest BCUT2D eigenvalue weighted by Gasteiger charge is -2.12. The van der Waals surface area contributed by atoms with Crippen molar-refractivity contribution in [3.05, 3.63) is 41.3 Å². The van der Waals surface area contributed by atoms with Gasteiger partial charge in [-0.25, -0.2) is 0 Å². The summed E-state index contributed by atoms with van der Waals surface area (Å²) in [7, 11) is 0. The number of benzene rings is 1. The van der Waals surface area contributed by atoms with Crippen LogP contribution in [0.1, 0.15) is 12.5 Å². The van der Waals surface area contributed by atoms with Crippen molar-refractivity contribution in [2.24, 2.45) is 0 Å². The van der Waals surface area contributed by atoms with E-state index in [1.165, 1.54) is 11.8 Å². The van der Waals surface area contributed by atoms with Gasteiger partial charge < -0.3 is 23.9 Å². The van der Waals surface area contributed by atoms with Crippen LogP contribution in [0.5, 0.6) is 11.5 Å². The lowest BCUT2D eigenvalue weighted by molar-refractivity contribution is 0.0397. The molecular formula is C19H21N3O4S2. The van der Waals surface area contributed by atoms with Crippen LogP contribution in [0, 0.1) is 0 Å². The Morgan fingerprint density at radius 3 is 3.00 bits per heavy atom. The smallest absolute Gasteiger partial charge is 0.231 e. The topological polar surface area (TPSA) is 78.6 Å². The van der Waals surface area contributed by atoms with E-state index in [2.05, 4.69) is 21.7 Å². The summed E-state index contributed by atoms with van der Waals surface area (Å²) in [5, 5.41) is 21.7. The molecule has 9 heteroatoms. The van der Waals surface area contributed by atoms with Crippen molar-refractivity contribution in [3.8, 4) is 22.2 Å². The van der Waals surface area contributed by atoms with Gasteiger partial charge in [0.15, 0.2) is 22.5 Å². The van der Waals surface area contributed by atoms with E-state index < -0.39 is 6.10 Å². The summed E-state index contributed by atoms with van der Waals surface area (Å²) in [4.78, 5) is 1.09. The highest BCUT2D eigenvalue weighted by atomic mass is 32.2. The molecule has 3 heterocycles. The van der Waals surface area contributed by atoms with Crippen molar-refractivity contribution >= 4 is 23.1 Å². The van der Waals surface area contributed by atoms with Crippen LogP contribution in [0.3, 0.4) is 0 Å². The lowest BCUT2D eigenvalue weighted by Crippen LogP contribution is -2.18. The zero-order valence-electron chi connectivity index (χ0n) is 15.4. The number of rotatable bonds is 9. The van der Waals surface area contributed by atoms with E-state index in [-0.39, 0.29) is 13.4 Å². The molecule has 1 aliphatic rings. The second-order valence-corrected chi connectivity index (χ2v) is 8.13. The van der Waals surface area contributed by atoms with Crippen LogP contribution in [0.15, 0.2) is 40.9 Å². The number of fused-ring (bicyclic) bond motifs is 1. The molecule has 0 unspecified atom stereocenters. The van der Waals surface area contributed by atoms with Crippen molar-refractivity contribution in [3.63, 3.8) is 0 Å². The average molecular weight is 420 g/mol. The van der Waals surface area contributed by atoms with Crippen LogP contribution >= 0.6 is 23.1 Å². The summed E-state index contributed by atoms with van der Waals surface area (Å²) >= 11 is 3.13. The van der Waals surface area contributed by atoms with E-state index in [1.54, 1.807) is 11.3 Å². The normalized spacial score (nSPS) is 13.8. The molecule has 28 heavy (non-hydrogen) atoms. The summed E-state index contributed by atoms with van der Waals surface area (Å²) in [6.45, 7) is 3.76. The fraction of sp³-hybridized carbons (Fsp3) is 0.368. The van der Waals surface area contributed by atoms with Crippen LogP contribution in [0.4, 0.5) is 0 Å². The maximum absolute atomic E-state index is 10.3. The molecule has 0 amide bonds. The first-order valence-electron chi connectivity index (χ1n) is 8.98. The van der Waals surface area contributed by atoms with Gasteiger partial charge in [-0.2, -0.15) is 0 Å². The maximum atomic E-state index is 10.3. The first-order chi connectivity index (χ1) is 13.7. The van der Waals surface area contributed by atoms with Crippen LogP contribution in [0.25, 0.3) is 10.7 Å². The van der Waals surface area contributed by atoms with Gasteiger partial charge in [0.25, 0.3) is 0 Å². The van der Waals surface area contributed by atoms with Gasteiger partial charge in [0.1, 0.15) is 0 Å². The Bertz CT molecular complexity index is 914. The summed E-state index contributed by atoms with van der Waals surface area (Å²) in [6, 6.07) is 9.75. The number of nitrogens with zero attached hydrogens (tertiary/aromatic N) is 3. The minimum Gasteiger partial charge on any atom is -0.454 e. The summed E-state index contributed by atoms with van der Waals surface area (Å²) in [5.41, 5.74) is 0.982. The molecule has 2 aromatic heterocycles. The molecule has 1 aliphatic heterocycles. The number of thiophene rings is 1. The molecule has 148 valence electrons. The predicted octanol–water partition coefficient (Wildman–Crippen LogP) is 3.43. The second kappa shape index (κ2) is 8.95. The van der Waals surface area contributed by atoms with Crippen molar-refractivity contribution in [1.29, 1.82) is 0 Å². The molecule has 4 rings (SSSR count). The minimum atomic E-state index is -0.591. The molecule has 0 saturated carbocycles. The van der Waals surface area contributed by atoms with Crippen molar-refractivity contribution in [1.82, 2.24) is 14.8 Å². The zero-order valence-corrected chi connectivity index (χ0v) is 17.0. The summed E-state index contributed by atoms with van der Waals surface area (Å²) in [5.74, 6) is 2.84. The van der Waals surface area contributed by atoms with Gasteiger partial charge in [-0.15, -0.1) is 21.5 Å². The molecule has 0 radical (unpaired) electrons. The number of hydrogen-bond donors (Lipinski definition) is 1. The van der Waals surface area contributed by atoms with Crippen molar-refractivity contribution in [2.75, 3.05) is 19.2 Å². The predicted molar refractivity (Wildman–Crippen MR) is 108 cm³/mol. The average Bonchev–Trinajstić information content (AvgIpc) is 3.45. The Morgan fingerprint density at radius 2 is 2.18 bits per heavy atom. The molecule has 0 bridgehead atoms. The molecular weight excluding hydrogens is 398 g/mol. The van der Waals surface area contributed by atoms with E-state index in [0.29, 0.717) is 12.4 Å². The van der Waals surface area contributed by atoms with Gasteiger partial charge in [-0.05, 0) is 36.1 Å². The molecule has 1 aromatic carbocycles. The van der Waals surface area contributed by atoms with E-state index >= 15 is 0 Å². The standard InChI is InChI=1S/C19H21N3O4S2/c1-2-22-18(17-4-3-7-27-17)20-21-19(22)28-11-14(23)10-24-9-13-5-6-15-16(8-13)26-12-25-15/h3-8,14,23H,2,9-12H2,1H3/t14-/m1/s1. The monoisotopic (exact) mass is 419 g/mol. The highest BCUT2D eigenvalue weighted by molar-refractivity contribution is 7.99. The number of ether oxygens (including phenoxy) is 3. The Labute approximate surface area is 171 Å². The van der Waals surface area contributed by atoms with Crippen LogP contribution in [-0.4, -0.2) is 45.1 Å². The Morgan fingerprint density at radius 1 is 1.29 bits per heavy atom. The number of aromatic nitrogens is 3. The molecule has 0 aliphatic carbocycles. The van der Waals surface area contributed by atoms with Gasteiger partial charge in [0, 0.05) is 12.3 Å². The first-order valence-corrected chi connectivity index (χ1v) is 10.9. The van der Waals surface area contributed by atoms with Crippen molar-refractivity contribution in [2.45, 2.75) is 31.3 Å². The molecule has 0 fully saturated rings. The van der Waals surface area contributed by atoms with E-state index in [0.717, 1.165) is 39.5 Å². The van der Waals surface area contributed by atoms with E-state index in [1.807, 2.05) is 35.7 Å². The van der Waals surface area contributed by atoms with Crippen LogP contribution < -0.4 is 9.47 Å². The van der Waals surface area contributed by atoms with Gasteiger partial charge >= 0.3 is 0 Å². The number of aliphatic hydroxyl groups excluding tert-OH is 1. The number of thioether (sulfide) groups is 1. The van der Waals surface area contributed by atoms with Gasteiger partial charge in [-0.3, -0.25) is 0 Å². The first kappa shape index (κ1) is 19.3. The highest BCUT2D eigenvalue weighted by Gasteiger charge is 2.16. The second-order valence-electron chi connectivity index (χ2n) is 6.20. The quantitative estimate of drug-likeness (QED) is 0.532. The van der Waals surface area contributed by atoms with E-state index in [9.17, 15) is 5.11 Å².